The van der Waals surface area contributed by atoms with Gasteiger partial charge in [0.15, 0.2) is 17.9 Å². The largest absolute Gasteiger partial charge is 0.462 e. The maximum atomic E-state index is 16.2. The van der Waals surface area contributed by atoms with Crippen LogP contribution in [0.5, 0.6) is 5.75 Å². The van der Waals surface area contributed by atoms with Gasteiger partial charge in [0, 0.05) is 12.3 Å². The summed E-state index contributed by atoms with van der Waals surface area (Å²) in [6, 6.07) is 7.33. The first-order chi connectivity index (χ1) is 18.1. The predicted octanol–water partition coefficient (Wildman–Crippen LogP) is 1.53. The van der Waals surface area contributed by atoms with Crippen molar-refractivity contribution in [1.29, 1.82) is 0 Å². The highest BCUT2D eigenvalue weighted by atomic mass is 31.2. The molecule has 0 amide bonds. The summed E-state index contributed by atoms with van der Waals surface area (Å²) in [5.74, 6) is -4.05. The number of aliphatic hydroxyl groups is 2. The molecule has 3 rings (SSSR count). The molecule has 13 nitrogen and oxygen atoms in total. The Morgan fingerprint density at radius 3 is 2.49 bits per heavy atom. The van der Waals surface area contributed by atoms with Gasteiger partial charge in [0.2, 0.25) is 0 Å². The Balaban J connectivity index is 1.93. The minimum atomic E-state index is -4.59. The Bertz CT molecular complexity index is 1370. The number of aromatic amines is 1. The molecule has 2 heterocycles. The lowest BCUT2D eigenvalue weighted by Crippen LogP contribution is -2.52. The lowest BCUT2D eigenvalue weighted by atomic mass is 9.87. The van der Waals surface area contributed by atoms with E-state index in [4.69, 9.17) is 18.5 Å². The summed E-state index contributed by atoms with van der Waals surface area (Å²) in [5, 5.41) is 24.5. The summed E-state index contributed by atoms with van der Waals surface area (Å²) in [4.78, 5) is 38.1. The fourth-order valence-electron chi connectivity index (χ4n) is 3.75. The van der Waals surface area contributed by atoms with Crippen LogP contribution >= 0.6 is 7.75 Å². The first-order valence-corrected chi connectivity index (χ1v) is 13.4. The van der Waals surface area contributed by atoms with E-state index in [9.17, 15) is 29.2 Å². The van der Waals surface area contributed by atoms with Crippen LogP contribution in [0.3, 0.4) is 0 Å². The number of halogens is 1. The molecule has 15 heteroatoms. The zero-order chi connectivity index (χ0) is 29.2. The Kier molecular flexibility index (Phi) is 9.00. The number of nitrogens with zero attached hydrogens (tertiary/aromatic N) is 1. The van der Waals surface area contributed by atoms with Crippen LogP contribution in [0, 0.1) is 0 Å². The number of H-pyrrole nitrogens is 1. The van der Waals surface area contributed by atoms with Crippen molar-refractivity contribution < 1.29 is 42.5 Å². The highest BCUT2D eigenvalue weighted by Gasteiger charge is 2.66. The molecule has 0 bridgehead atoms. The molecule has 1 aliphatic heterocycles. The van der Waals surface area contributed by atoms with Gasteiger partial charge in [-0.3, -0.25) is 23.7 Å². The topological polar surface area (TPSA) is 178 Å². The number of hydrogen-bond donors (Lipinski definition) is 4. The smallest absolute Gasteiger partial charge is 0.459 e. The molecule has 2 unspecified atom stereocenters. The highest BCUT2D eigenvalue weighted by molar-refractivity contribution is 7.52. The van der Waals surface area contributed by atoms with E-state index in [1.807, 2.05) is 4.98 Å². The first kappa shape index (κ1) is 30.4. The number of carbonyl (C=O) groups excluding carboxylic acids is 1. The summed E-state index contributed by atoms with van der Waals surface area (Å²) < 4.78 is 51.6. The number of esters is 1. The van der Waals surface area contributed by atoms with Crippen LogP contribution in [0.15, 0.2) is 64.3 Å². The molecule has 0 radical (unpaired) electrons. The molecule has 0 saturated carbocycles. The van der Waals surface area contributed by atoms with Crippen LogP contribution in [0.4, 0.5) is 4.39 Å². The van der Waals surface area contributed by atoms with Crippen molar-refractivity contribution >= 4 is 13.7 Å². The van der Waals surface area contributed by atoms with Crippen molar-refractivity contribution in [2.75, 3.05) is 6.61 Å². The van der Waals surface area contributed by atoms with Crippen LogP contribution in [0.2, 0.25) is 0 Å². The first-order valence-electron chi connectivity index (χ1n) is 11.8. The number of nitrogens with one attached hydrogen (secondary N) is 2. The second kappa shape index (κ2) is 11.5. The van der Waals surface area contributed by atoms with Crippen LogP contribution < -0.4 is 20.9 Å². The fourth-order valence-corrected chi connectivity index (χ4v) is 5.25. The van der Waals surface area contributed by atoms with Gasteiger partial charge in [-0.05, 0) is 45.4 Å². The van der Waals surface area contributed by atoms with Crippen LogP contribution in [0.1, 0.15) is 33.9 Å². The van der Waals surface area contributed by atoms with Gasteiger partial charge in [-0.1, -0.05) is 24.8 Å². The molecule has 6 atom stereocenters. The SMILES string of the molecule is C=C(C)[C@]1(O)[C@H](n2ccc(=O)[nH]c2=O)O[C@](F)(COP(=O)(NC(C)C(=O)OC(C)C)Oc2ccccc2)[C@H]1O. The molecule has 0 aliphatic carbocycles. The van der Waals surface area contributed by atoms with Crippen molar-refractivity contribution in [3.05, 3.63) is 75.6 Å². The summed E-state index contributed by atoms with van der Waals surface area (Å²) in [6.45, 7) is 8.06. The number of alkyl halides is 1. The molecule has 1 aromatic heterocycles. The average molecular weight is 571 g/mol. The molecular weight excluding hydrogens is 540 g/mol. The second-order valence-corrected chi connectivity index (χ2v) is 11.0. The van der Waals surface area contributed by atoms with Gasteiger partial charge in [-0.2, -0.15) is 5.09 Å². The van der Waals surface area contributed by atoms with E-state index in [0.717, 1.165) is 12.3 Å². The second-order valence-electron chi connectivity index (χ2n) is 9.29. The van der Waals surface area contributed by atoms with E-state index in [0.29, 0.717) is 4.57 Å². The van der Waals surface area contributed by atoms with Gasteiger partial charge >= 0.3 is 19.4 Å². The number of hydrogen-bond acceptors (Lipinski definition) is 10. The van der Waals surface area contributed by atoms with Gasteiger partial charge in [0.1, 0.15) is 18.4 Å². The number of aliphatic hydroxyl groups excluding tert-OH is 1. The number of benzene rings is 1. The van der Waals surface area contributed by atoms with E-state index >= 15 is 4.39 Å². The van der Waals surface area contributed by atoms with Gasteiger partial charge in [0.05, 0.1) is 6.10 Å². The summed E-state index contributed by atoms with van der Waals surface area (Å²) in [7, 11) is -4.59. The lowest BCUT2D eigenvalue weighted by molar-refractivity contribution is -0.204. The summed E-state index contributed by atoms with van der Waals surface area (Å²) >= 11 is 0. The average Bonchev–Trinajstić information content (AvgIpc) is 3.05. The van der Waals surface area contributed by atoms with Crippen LogP contribution in [-0.4, -0.2) is 62.0 Å². The highest BCUT2D eigenvalue weighted by Crippen LogP contribution is 2.51. The molecule has 1 aromatic carbocycles. The van der Waals surface area contributed by atoms with Gasteiger partial charge in [-0.15, -0.1) is 0 Å². The predicted molar refractivity (Wildman–Crippen MR) is 136 cm³/mol. The molecule has 0 spiro atoms. The normalized spacial score (nSPS) is 27.1. The third kappa shape index (κ3) is 6.55. The van der Waals surface area contributed by atoms with E-state index in [2.05, 4.69) is 11.7 Å². The van der Waals surface area contributed by atoms with Gasteiger partial charge in [0.25, 0.3) is 11.4 Å². The van der Waals surface area contributed by atoms with Crippen LogP contribution in [-0.2, 0) is 23.4 Å². The number of rotatable bonds is 11. The zero-order valence-corrected chi connectivity index (χ0v) is 22.6. The quantitative estimate of drug-likeness (QED) is 0.175. The Hall–Kier alpha value is -3.13. The number of ether oxygens (including phenoxy) is 2. The molecule has 1 fully saturated rings. The van der Waals surface area contributed by atoms with E-state index < -0.39 is 67.5 Å². The third-order valence-corrected chi connectivity index (χ3v) is 7.38. The van der Waals surface area contributed by atoms with Crippen molar-refractivity contribution in [3.8, 4) is 5.75 Å². The molecule has 214 valence electrons. The number of para-hydroxylation sites is 1. The van der Waals surface area contributed by atoms with Crippen LogP contribution in [0.25, 0.3) is 0 Å². The third-order valence-electron chi connectivity index (χ3n) is 5.75. The van der Waals surface area contributed by atoms with Gasteiger partial charge < -0.3 is 24.2 Å². The molecule has 1 aliphatic rings. The lowest BCUT2D eigenvalue weighted by Gasteiger charge is -2.32. The monoisotopic (exact) mass is 571 g/mol. The Morgan fingerprint density at radius 2 is 1.92 bits per heavy atom. The number of aromatic nitrogens is 2. The van der Waals surface area contributed by atoms with Gasteiger partial charge in [-0.25, -0.2) is 13.8 Å². The summed E-state index contributed by atoms with van der Waals surface area (Å²) in [6.07, 6.45) is -3.88. The molecule has 39 heavy (non-hydrogen) atoms. The fraction of sp³-hybridized carbons (Fsp3) is 0.458. The standard InChI is InChI=1S/C24H31FN3O10P/c1-14(2)24(33)20(31)23(25,37-21(24)28-12-11-18(29)26-22(28)32)13-35-39(34,38-17-9-7-6-8-10-17)27-16(5)19(30)36-15(3)4/h6-12,15-16,20-21,31,33H,1,13H2,2-5H3,(H,27,34)(H,26,29,32)/t16?,20-,21-,23-,24-,39?/m1/s1. The van der Waals surface area contributed by atoms with Crippen molar-refractivity contribution in [2.24, 2.45) is 0 Å². The zero-order valence-electron chi connectivity index (χ0n) is 21.7. The Labute approximate surface area is 222 Å². The Morgan fingerprint density at radius 1 is 1.28 bits per heavy atom. The van der Waals surface area contributed by atoms with E-state index in [-0.39, 0.29) is 11.3 Å². The minimum Gasteiger partial charge on any atom is -0.462 e. The van der Waals surface area contributed by atoms with E-state index in [1.165, 1.54) is 26.0 Å². The van der Waals surface area contributed by atoms with Crippen molar-refractivity contribution in [1.82, 2.24) is 14.6 Å². The number of carbonyl (C=O) groups is 1. The maximum Gasteiger partial charge on any atom is 0.459 e. The maximum absolute atomic E-state index is 16.2. The van der Waals surface area contributed by atoms with Crippen molar-refractivity contribution in [2.45, 2.75) is 63.6 Å². The van der Waals surface area contributed by atoms with Crippen molar-refractivity contribution in [3.63, 3.8) is 0 Å². The molecule has 1 saturated heterocycles. The van der Waals surface area contributed by atoms with E-state index in [1.54, 1.807) is 32.0 Å². The summed E-state index contributed by atoms with van der Waals surface area (Å²) in [5.41, 5.74) is -4.61. The molecule has 4 N–H and O–H groups in total. The molecular formula is C24H31FN3O10P. The molecule has 2 aromatic rings. The minimum absolute atomic E-state index is 0.0367.